The molecule has 0 amide bonds. The molecule has 2 unspecified atom stereocenters. The Balaban J connectivity index is 1.28. The van der Waals surface area contributed by atoms with E-state index in [0.29, 0.717) is 11.5 Å². The van der Waals surface area contributed by atoms with Gasteiger partial charge in [0.25, 0.3) is 0 Å². The maximum atomic E-state index is 12.2. The first-order valence-electron chi connectivity index (χ1n) is 15.2. The lowest BCUT2D eigenvalue weighted by atomic mass is 9.71. The highest BCUT2D eigenvalue weighted by atomic mass is 35.5. The monoisotopic (exact) mass is 636 g/mol. The van der Waals surface area contributed by atoms with Crippen LogP contribution in [0.4, 0.5) is 0 Å². The van der Waals surface area contributed by atoms with Crippen molar-refractivity contribution in [3.05, 3.63) is 156 Å². The number of ether oxygens (including phenoxy) is 5. The Hall–Kier alpha value is -4.94. The van der Waals surface area contributed by atoms with Crippen molar-refractivity contribution in [2.24, 2.45) is 0 Å². The van der Waals surface area contributed by atoms with Gasteiger partial charge in [-0.3, -0.25) is 4.79 Å². The summed E-state index contributed by atoms with van der Waals surface area (Å²) in [5, 5.41) is 0. The molecule has 5 aromatic rings. The van der Waals surface area contributed by atoms with Crippen LogP contribution in [-0.4, -0.2) is 38.0 Å². The van der Waals surface area contributed by atoms with Crippen LogP contribution in [0, 0.1) is 0 Å². The van der Waals surface area contributed by atoms with Crippen LogP contribution in [0.2, 0.25) is 0 Å². The van der Waals surface area contributed by atoms with Crippen molar-refractivity contribution < 1.29 is 28.5 Å². The van der Waals surface area contributed by atoms with Crippen LogP contribution in [0.25, 0.3) is 0 Å². The molecule has 0 radical (unpaired) electrons. The third-order valence-electron chi connectivity index (χ3n) is 7.62. The first-order valence-corrected chi connectivity index (χ1v) is 15.7. The fourth-order valence-corrected chi connectivity index (χ4v) is 5.21. The summed E-state index contributed by atoms with van der Waals surface area (Å²) >= 11 is 5.74. The maximum absolute atomic E-state index is 12.2. The highest BCUT2D eigenvalue weighted by Crippen LogP contribution is 2.40. The van der Waals surface area contributed by atoms with Gasteiger partial charge < -0.3 is 23.7 Å². The van der Waals surface area contributed by atoms with E-state index in [1.807, 2.05) is 103 Å². The lowest BCUT2D eigenvalue weighted by Crippen LogP contribution is -2.31. The Morgan fingerprint density at radius 2 is 0.957 bits per heavy atom. The van der Waals surface area contributed by atoms with Crippen LogP contribution in [0.5, 0.6) is 23.0 Å². The molecule has 0 saturated carbocycles. The molecule has 0 aliphatic heterocycles. The summed E-state index contributed by atoms with van der Waals surface area (Å²) in [5.74, 6) is 2.61. The second kappa shape index (κ2) is 16.4. The molecule has 6 nitrogen and oxygen atoms in total. The van der Waals surface area contributed by atoms with Crippen LogP contribution in [-0.2, 0) is 14.9 Å². The van der Waals surface area contributed by atoms with Gasteiger partial charge in [-0.15, -0.1) is 11.6 Å². The first kappa shape index (κ1) is 32.5. The first-order chi connectivity index (χ1) is 22.5. The highest BCUT2D eigenvalue weighted by molar-refractivity contribution is 6.18. The van der Waals surface area contributed by atoms with E-state index >= 15 is 0 Å². The van der Waals surface area contributed by atoms with Gasteiger partial charge >= 0.3 is 5.97 Å². The van der Waals surface area contributed by atoms with Crippen molar-refractivity contribution in [3.63, 3.8) is 0 Å². The predicted molar refractivity (Wildman–Crippen MR) is 180 cm³/mol. The summed E-state index contributed by atoms with van der Waals surface area (Å²) in [4.78, 5) is 12.2. The maximum Gasteiger partial charge on any atom is 0.307 e. The fourth-order valence-electron chi connectivity index (χ4n) is 5.06. The Morgan fingerprint density at radius 1 is 0.565 bits per heavy atom. The summed E-state index contributed by atoms with van der Waals surface area (Å²) in [6.45, 7) is 2.61. The molecule has 5 aromatic carbocycles. The number of carbonyl (C=O) groups is 1. The average molecular weight is 637 g/mol. The Kier molecular flexibility index (Phi) is 11.6. The number of hydrogen-bond donors (Lipinski definition) is 0. The minimum atomic E-state index is -0.607. The summed E-state index contributed by atoms with van der Waals surface area (Å²) in [5.41, 5.74) is 2.88. The number of rotatable bonds is 16. The number of carbonyl (C=O) groups excluding carboxylic acids is 1. The third-order valence-corrected chi connectivity index (χ3v) is 7.81. The van der Waals surface area contributed by atoms with Gasteiger partial charge in [0.05, 0.1) is 6.42 Å². The van der Waals surface area contributed by atoms with Crippen molar-refractivity contribution in [2.45, 2.75) is 24.9 Å². The van der Waals surface area contributed by atoms with Crippen LogP contribution < -0.4 is 18.9 Å². The molecule has 7 heteroatoms. The molecule has 0 saturated heterocycles. The number of benzene rings is 5. The molecule has 0 bridgehead atoms. The lowest BCUT2D eigenvalue weighted by molar-refractivity contribution is -0.151. The zero-order valence-electron chi connectivity index (χ0n) is 25.7. The SMILES string of the molecule is CC(c1ccccc1)(c1ccc(OCOc2ccccc2)cc1)c1ccc(OCC(COc2ccccc2)OC(=O)CCCl)cc1. The van der Waals surface area contributed by atoms with E-state index in [1.165, 1.54) is 0 Å². The number of esters is 1. The van der Waals surface area contributed by atoms with Gasteiger partial charge in [0.2, 0.25) is 6.79 Å². The van der Waals surface area contributed by atoms with E-state index in [-0.39, 0.29) is 32.3 Å². The van der Waals surface area contributed by atoms with Crippen LogP contribution in [0.15, 0.2) is 140 Å². The smallest absolute Gasteiger partial charge is 0.307 e. The second-order valence-corrected chi connectivity index (χ2v) is 11.1. The van der Waals surface area contributed by atoms with Crippen LogP contribution >= 0.6 is 11.6 Å². The molecule has 0 aliphatic rings. The van der Waals surface area contributed by atoms with E-state index in [0.717, 1.165) is 28.2 Å². The highest BCUT2D eigenvalue weighted by Gasteiger charge is 2.31. The van der Waals surface area contributed by atoms with Gasteiger partial charge in [-0.2, -0.15) is 0 Å². The standard InChI is InChI=1S/C39H37ClO6/c1-39(30-11-5-2-6-12-30,32-19-23-36(24-20-32)45-29-44-34-15-9-4-10-16-34)31-17-21-35(22-18-31)43-28-37(46-38(41)25-26-40)27-42-33-13-7-3-8-14-33/h2-24,37H,25-29H2,1H3. The molecule has 0 aromatic heterocycles. The molecule has 0 heterocycles. The number of halogens is 1. The topological polar surface area (TPSA) is 63.2 Å². The van der Waals surface area contributed by atoms with E-state index in [1.54, 1.807) is 0 Å². The Labute approximate surface area is 275 Å². The summed E-state index contributed by atoms with van der Waals surface area (Å²) in [7, 11) is 0. The molecular weight excluding hydrogens is 600 g/mol. The van der Waals surface area contributed by atoms with Gasteiger partial charge in [0, 0.05) is 11.3 Å². The van der Waals surface area contributed by atoms with Crippen molar-refractivity contribution in [1.82, 2.24) is 0 Å². The Bertz CT molecular complexity index is 1610. The number of alkyl halides is 1. The van der Waals surface area contributed by atoms with Crippen molar-refractivity contribution in [2.75, 3.05) is 25.9 Å². The molecule has 0 aliphatic carbocycles. The van der Waals surface area contributed by atoms with Gasteiger partial charge in [0.15, 0.2) is 6.10 Å². The third kappa shape index (κ3) is 8.83. The number of para-hydroxylation sites is 2. The molecule has 0 N–H and O–H groups in total. The van der Waals surface area contributed by atoms with E-state index in [4.69, 9.17) is 35.3 Å². The van der Waals surface area contributed by atoms with E-state index in [9.17, 15) is 4.79 Å². The Morgan fingerprint density at radius 3 is 1.43 bits per heavy atom. The van der Waals surface area contributed by atoms with Crippen molar-refractivity contribution in [1.29, 1.82) is 0 Å². The minimum absolute atomic E-state index is 0.116. The fraction of sp³-hybridized carbons (Fsp3) is 0.205. The molecule has 0 spiro atoms. The van der Waals surface area contributed by atoms with Crippen molar-refractivity contribution >= 4 is 17.6 Å². The zero-order chi connectivity index (χ0) is 32.0. The molecule has 46 heavy (non-hydrogen) atoms. The average Bonchev–Trinajstić information content (AvgIpc) is 3.11. The largest absolute Gasteiger partial charge is 0.490 e. The molecule has 2 atom stereocenters. The normalized spacial score (nSPS) is 12.7. The predicted octanol–water partition coefficient (Wildman–Crippen LogP) is 8.45. The molecular formula is C39H37ClO6. The minimum Gasteiger partial charge on any atom is -0.490 e. The van der Waals surface area contributed by atoms with Crippen LogP contribution in [0.1, 0.15) is 30.0 Å². The lowest BCUT2D eigenvalue weighted by Gasteiger charge is -2.32. The summed E-state index contributed by atoms with van der Waals surface area (Å²) < 4.78 is 29.0. The summed E-state index contributed by atoms with van der Waals surface area (Å²) in [6, 6.07) is 45.4. The number of hydrogen-bond acceptors (Lipinski definition) is 6. The van der Waals surface area contributed by atoms with E-state index in [2.05, 4.69) is 43.3 Å². The quantitative estimate of drug-likeness (QED) is 0.0469. The zero-order valence-corrected chi connectivity index (χ0v) is 26.5. The summed E-state index contributed by atoms with van der Waals surface area (Å²) in [6.07, 6.45) is -0.492. The van der Waals surface area contributed by atoms with Gasteiger partial charge in [0.1, 0.15) is 36.2 Å². The second-order valence-electron chi connectivity index (χ2n) is 10.7. The molecule has 236 valence electrons. The van der Waals surface area contributed by atoms with E-state index < -0.39 is 17.5 Å². The van der Waals surface area contributed by atoms with Crippen molar-refractivity contribution in [3.8, 4) is 23.0 Å². The molecule has 5 rings (SSSR count). The van der Waals surface area contributed by atoms with Gasteiger partial charge in [-0.1, -0.05) is 91.0 Å². The van der Waals surface area contributed by atoms with Gasteiger partial charge in [-0.25, -0.2) is 0 Å². The van der Waals surface area contributed by atoms with Crippen LogP contribution in [0.3, 0.4) is 0 Å². The molecule has 0 fully saturated rings. The van der Waals surface area contributed by atoms with Gasteiger partial charge in [-0.05, 0) is 72.1 Å².